The fourth-order valence-electron chi connectivity index (χ4n) is 2.81. The largest absolute Gasteiger partial charge is 0.382 e. The lowest BCUT2D eigenvalue weighted by Gasteiger charge is -2.28. The minimum absolute atomic E-state index is 0.142. The minimum Gasteiger partial charge on any atom is -0.382 e. The average Bonchev–Trinajstić information content (AvgIpc) is 3.33. The Bertz CT molecular complexity index is 315. The van der Waals surface area contributed by atoms with Gasteiger partial charge in [0.25, 0.3) is 0 Å². The number of carbonyl (C=O) groups is 1. The van der Waals surface area contributed by atoms with Crippen molar-refractivity contribution in [2.24, 2.45) is 11.8 Å². The quantitative estimate of drug-likeness (QED) is 0.595. The summed E-state index contributed by atoms with van der Waals surface area (Å²) in [4.78, 5) is 12.0. The van der Waals surface area contributed by atoms with Crippen LogP contribution in [0.3, 0.4) is 0 Å². The van der Waals surface area contributed by atoms with E-state index in [-0.39, 0.29) is 11.9 Å². The molecule has 1 aliphatic heterocycles. The molecule has 122 valence electrons. The molecule has 1 saturated carbocycles. The molecule has 2 unspecified atom stereocenters. The number of nitrogens with one attached hydrogen (secondary N) is 2. The Hall–Kier alpha value is -0.650. The van der Waals surface area contributed by atoms with E-state index in [0.29, 0.717) is 18.4 Å². The standard InChI is InChI=1S/C16H30N2O3/c1-2-3-14(17-10-13-6-8-21-9-7-13)15(19)16(20)18-11-12-4-5-12/h12-15,17,19H,2-11H2,1H3,(H,18,20). The number of carbonyl (C=O) groups excluding carboxylic acids is 1. The first kappa shape index (κ1) is 16.7. The lowest BCUT2D eigenvalue weighted by atomic mass is 9.98. The van der Waals surface area contributed by atoms with E-state index in [9.17, 15) is 9.90 Å². The summed E-state index contributed by atoms with van der Waals surface area (Å²) in [7, 11) is 0. The van der Waals surface area contributed by atoms with E-state index >= 15 is 0 Å². The predicted molar refractivity (Wildman–Crippen MR) is 82.0 cm³/mol. The summed E-state index contributed by atoms with van der Waals surface area (Å²) < 4.78 is 5.36. The highest BCUT2D eigenvalue weighted by molar-refractivity contribution is 5.81. The zero-order valence-electron chi connectivity index (χ0n) is 13.1. The van der Waals surface area contributed by atoms with Crippen molar-refractivity contribution in [1.82, 2.24) is 10.6 Å². The van der Waals surface area contributed by atoms with Crippen molar-refractivity contribution in [2.75, 3.05) is 26.3 Å². The van der Waals surface area contributed by atoms with Crippen LogP contribution in [0.1, 0.15) is 45.4 Å². The Balaban J connectivity index is 1.73. The molecule has 1 aliphatic carbocycles. The van der Waals surface area contributed by atoms with E-state index in [4.69, 9.17) is 4.74 Å². The van der Waals surface area contributed by atoms with Crippen LogP contribution in [0, 0.1) is 11.8 Å². The van der Waals surface area contributed by atoms with Gasteiger partial charge in [-0.25, -0.2) is 0 Å². The van der Waals surface area contributed by atoms with Gasteiger partial charge in [0.1, 0.15) is 6.10 Å². The molecule has 5 nitrogen and oxygen atoms in total. The Morgan fingerprint density at radius 1 is 1.19 bits per heavy atom. The van der Waals surface area contributed by atoms with Gasteiger partial charge < -0.3 is 20.5 Å². The molecule has 0 bridgehead atoms. The van der Waals surface area contributed by atoms with Gasteiger partial charge in [-0.1, -0.05) is 13.3 Å². The SMILES string of the molecule is CCCC(NCC1CCOCC1)C(O)C(=O)NCC1CC1. The summed E-state index contributed by atoms with van der Waals surface area (Å²) in [6.45, 7) is 5.32. The van der Waals surface area contributed by atoms with Crippen LogP contribution in [0.15, 0.2) is 0 Å². The summed E-state index contributed by atoms with van der Waals surface area (Å²) in [5.41, 5.74) is 0. The van der Waals surface area contributed by atoms with Crippen molar-refractivity contribution in [1.29, 1.82) is 0 Å². The number of ether oxygens (including phenoxy) is 1. The molecule has 3 N–H and O–H groups in total. The molecule has 2 aliphatic rings. The molecule has 0 radical (unpaired) electrons. The number of rotatable bonds is 9. The molecule has 0 aromatic rings. The number of aliphatic hydroxyl groups excluding tert-OH is 1. The Labute approximate surface area is 127 Å². The molecule has 2 fully saturated rings. The van der Waals surface area contributed by atoms with Crippen LogP contribution in [-0.4, -0.2) is 49.5 Å². The highest BCUT2D eigenvalue weighted by atomic mass is 16.5. The van der Waals surface area contributed by atoms with E-state index in [1.807, 2.05) is 0 Å². The highest BCUT2D eigenvalue weighted by Crippen LogP contribution is 2.27. The second-order valence-electron chi connectivity index (χ2n) is 6.49. The molecule has 0 aromatic carbocycles. The molecule has 1 amide bonds. The van der Waals surface area contributed by atoms with Crippen molar-refractivity contribution in [2.45, 2.75) is 57.6 Å². The third kappa shape index (κ3) is 5.93. The second kappa shape index (κ2) is 8.71. The summed E-state index contributed by atoms with van der Waals surface area (Å²) in [6.07, 6.45) is 5.38. The number of hydrogen-bond donors (Lipinski definition) is 3. The van der Waals surface area contributed by atoms with E-state index in [1.54, 1.807) is 0 Å². The van der Waals surface area contributed by atoms with Crippen LogP contribution in [0.25, 0.3) is 0 Å². The van der Waals surface area contributed by atoms with E-state index in [2.05, 4.69) is 17.6 Å². The fourth-order valence-corrected chi connectivity index (χ4v) is 2.81. The van der Waals surface area contributed by atoms with Gasteiger partial charge in [0, 0.05) is 25.8 Å². The van der Waals surface area contributed by atoms with Gasteiger partial charge in [-0.2, -0.15) is 0 Å². The fraction of sp³-hybridized carbons (Fsp3) is 0.938. The molecular weight excluding hydrogens is 268 g/mol. The zero-order valence-corrected chi connectivity index (χ0v) is 13.1. The molecule has 0 aromatic heterocycles. The highest BCUT2D eigenvalue weighted by Gasteiger charge is 2.28. The molecule has 1 heterocycles. The lowest BCUT2D eigenvalue weighted by molar-refractivity contribution is -0.131. The van der Waals surface area contributed by atoms with E-state index in [1.165, 1.54) is 12.8 Å². The number of hydrogen-bond acceptors (Lipinski definition) is 4. The zero-order chi connectivity index (χ0) is 15.1. The van der Waals surface area contributed by atoms with Gasteiger partial charge in [0.15, 0.2) is 0 Å². The average molecular weight is 298 g/mol. The molecular formula is C16H30N2O3. The first-order chi connectivity index (χ1) is 10.2. The van der Waals surface area contributed by atoms with Crippen molar-refractivity contribution >= 4 is 5.91 Å². The van der Waals surface area contributed by atoms with Crippen molar-refractivity contribution in [3.05, 3.63) is 0 Å². The van der Waals surface area contributed by atoms with Crippen LogP contribution < -0.4 is 10.6 Å². The van der Waals surface area contributed by atoms with Gasteiger partial charge in [-0.3, -0.25) is 4.79 Å². The van der Waals surface area contributed by atoms with E-state index in [0.717, 1.165) is 45.4 Å². The van der Waals surface area contributed by atoms with Crippen molar-refractivity contribution in [3.8, 4) is 0 Å². The monoisotopic (exact) mass is 298 g/mol. The van der Waals surface area contributed by atoms with Gasteiger partial charge in [0.05, 0.1) is 0 Å². The van der Waals surface area contributed by atoms with Crippen LogP contribution >= 0.6 is 0 Å². The van der Waals surface area contributed by atoms with Crippen molar-refractivity contribution in [3.63, 3.8) is 0 Å². The first-order valence-electron chi connectivity index (χ1n) is 8.47. The van der Waals surface area contributed by atoms with Gasteiger partial charge >= 0.3 is 0 Å². The van der Waals surface area contributed by atoms with Gasteiger partial charge in [-0.15, -0.1) is 0 Å². The predicted octanol–water partition coefficient (Wildman–Crippen LogP) is 1.06. The smallest absolute Gasteiger partial charge is 0.250 e. The molecule has 21 heavy (non-hydrogen) atoms. The normalized spacial score (nSPS) is 22.8. The second-order valence-corrected chi connectivity index (χ2v) is 6.49. The maximum Gasteiger partial charge on any atom is 0.250 e. The topological polar surface area (TPSA) is 70.6 Å². The van der Waals surface area contributed by atoms with E-state index < -0.39 is 6.10 Å². The number of aliphatic hydroxyl groups is 1. The molecule has 5 heteroatoms. The van der Waals surface area contributed by atoms with Crippen molar-refractivity contribution < 1.29 is 14.6 Å². The Morgan fingerprint density at radius 2 is 1.86 bits per heavy atom. The third-order valence-electron chi connectivity index (χ3n) is 4.52. The van der Waals surface area contributed by atoms with Crippen LogP contribution in [0.4, 0.5) is 0 Å². The van der Waals surface area contributed by atoms with Gasteiger partial charge in [-0.05, 0) is 50.5 Å². The maximum atomic E-state index is 12.0. The Kier molecular flexibility index (Phi) is 6.93. The summed E-state index contributed by atoms with van der Waals surface area (Å²) >= 11 is 0. The number of amides is 1. The molecule has 0 spiro atoms. The van der Waals surface area contributed by atoms with Crippen LogP contribution in [0.5, 0.6) is 0 Å². The van der Waals surface area contributed by atoms with Gasteiger partial charge in [0.2, 0.25) is 5.91 Å². The Morgan fingerprint density at radius 3 is 2.48 bits per heavy atom. The lowest BCUT2D eigenvalue weighted by Crippen LogP contribution is -2.50. The maximum absolute atomic E-state index is 12.0. The minimum atomic E-state index is -0.941. The molecule has 1 saturated heterocycles. The van der Waals surface area contributed by atoms with Crippen LogP contribution in [0.2, 0.25) is 0 Å². The first-order valence-corrected chi connectivity index (χ1v) is 8.47. The summed E-state index contributed by atoms with van der Waals surface area (Å²) in [5, 5.41) is 16.6. The molecule has 2 atom stereocenters. The molecule has 2 rings (SSSR count). The third-order valence-corrected chi connectivity index (χ3v) is 4.52. The summed E-state index contributed by atoms with van der Waals surface area (Å²) in [5.74, 6) is 1.01. The van der Waals surface area contributed by atoms with Crippen LogP contribution in [-0.2, 0) is 9.53 Å². The summed E-state index contributed by atoms with van der Waals surface area (Å²) in [6, 6.07) is -0.142.